The minimum Gasteiger partial charge on any atom is -0.481 e. The lowest BCUT2D eigenvalue weighted by Gasteiger charge is -2.04. The molecule has 0 saturated carbocycles. The van der Waals surface area contributed by atoms with E-state index in [0.29, 0.717) is 22.8 Å². The van der Waals surface area contributed by atoms with Crippen molar-refractivity contribution in [2.75, 3.05) is 5.32 Å². The van der Waals surface area contributed by atoms with Crippen LogP contribution < -0.4 is 5.32 Å². The van der Waals surface area contributed by atoms with Gasteiger partial charge in [0.05, 0.1) is 18.4 Å². The fraction of sp³-hybridized carbons (Fsp3) is 0.267. The third-order valence-electron chi connectivity index (χ3n) is 3.06. The highest BCUT2D eigenvalue weighted by atomic mass is 35.5. The Bertz CT molecular complexity index is 718. The SMILES string of the molecule is O=C(O)CCCC(=O)Nc1cnn(Cc2ccc(F)cc2Cl)c1. The highest BCUT2D eigenvalue weighted by molar-refractivity contribution is 6.31. The van der Waals surface area contributed by atoms with Crippen LogP contribution in [0.5, 0.6) is 0 Å². The molecule has 0 fully saturated rings. The number of amides is 1. The van der Waals surface area contributed by atoms with Crippen molar-refractivity contribution in [3.63, 3.8) is 0 Å². The molecule has 1 aromatic heterocycles. The van der Waals surface area contributed by atoms with Crippen LogP contribution in [-0.2, 0) is 16.1 Å². The molecule has 0 atom stereocenters. The number of hydrogen-bond acceptors (Lipinski definition) is 3. The van der Waals surface area contributed by atoms with Crippen LogP contribution >= 0.6 is 11.6 Å². The maximum Gasteiger partial charge on any atom is 0.303 e. The standard InChI is InChI=1S/C15H15ClFN3O3/c16-13-6-11(17)5-4-10(13)8-20-9-12(7-18-20)19-14(21)2-1-3-15(22)23/h4-7,9H,1-3,8H2,(H,19,21)(H,22,23). The number of carboxylic acid groups (broad SMARTS) is 1. The van der Waals surface area contributed by atoms with Crippen LogP contribution in [0.25, 0.3) is 0 Å². The number of carboxylic acids is 1. The summed E-state index contributed by atoms with van der Waals surface area (Å²) in [6, 6.07) is 4.12. The summed E-state index contributed by atoms with van der Waals surface area (Å²) in [5.41, 5.74) is 1.21. The van der Waals surface area contributed by atoms with E-state index in [9.17, 15) is 14.0 Å². The summed E-state index contributed by atoms with van der Waals surface area (Å²) < 4.78 is 14.6. The van der Waals surface area contributed by atoms with E-state index in [1.54, 1.807) is 16.9 Å². The molecule has 122 valence electrons. The quantitative estimate of drug-likeness (QED) is 0.812. The van der Waals surface area contributed by atoms with Crippen LogP contribution in [-0.4, -0.2) is 26.8 Å². The zero-order valence-corrected chi connectivity index (χ0v) is 12.9. The van der Waals surface area contributed by atoms with E-state index in [-0.39, 0.29) is 25.2 Å². The molecule has 0 unspecified atom stereocenters. The number of nitrogens with one attached hydrogen (secondary N) is 1. The van der Waals surface area contributed by atoms with Gasteiger partial charge in [0.2, 0.25) is 5.91 Å². The van der Waals surface area contributed by atoms with Gasteiger partial charge in [0.25, 0.3) is 0 Å². The van der Waals surface area contributed by atoms with Gasteiger partial charge in [0.15, 0.2) is 0 Å². The lowest BCUT2D eigenvalue weighted by Crippen LogP contribution is -2.11. The van der Waals surface area contributed by atoms with Gasteiger partial charge < -0.3 is 10.4 Å². The van der Waals surface area contributed by atoms with E-state index >= 15 is 0 Å². The van der Waals surface area contributed by atoms with Crippen LogP contribution in [0.2, 0.25) is 5.02 Å². The molecule has 23 heavy (non-hydrogen) atoms. The molecule has 0 bridgehead atoms. The summed E-state index contributed by atoms with van der Waals surface area (Å²) in [6.07, 6.45) is 3.46. The monoisotopic (exact) mass is 339 g/mol. The zero-order valence-electron chi connectivity index (χ0n) is 12.1. The molecule has 0 aliphatic rings. The Morgan fingerprint density at radius 2 is 2.13 bits per heavy atom. The topological polar surface area (TPSA) is 84.2 Å². The maximum absolute atomic E-state index is 13.0. The largest absolute Gasteiger partial charge is 0.481 e. The lowest BCUT2D eigenvalue weighted by molar-refractivity contribution is -0.137. The first kappa shape index (κ1) is 17.0. The van der Waals surface area contributed by atoms with Crippen molar-refractivity contribution in [3.8, 4) is 0 Å². The number of nitrogens with zero attached hydrogens (tertiary/aromatic N) is 2. The number of aromatic nitrogens is 2. The van der Waals surface area contributed by atoms with E-state index in [2.05, 4.69) is 10.4 Å². The van der Waals surface area contributed by atoms with Gasteiger partial charge in [-0.1, -0.05) is 17.7 Å². The highest BCUT2D eigenvalue weighted by Crippen LogP contribution is 2.18. The van der Waals surface area contributed by atoms with Crippen molar-refractivity contribution in [1.29, 1.82) is 0 Å². The molecule has 2 N–H and O–H groups in total. The number of aliphatic carboxylic acids is 1. The number of halogens is 2. The molecule has 1 heterocycles. The van der Waals surface area contributed by atoms with Crippen molar-refractivity contribution >= 4 is 29.2 Å². The van der Waals surface area contributed by atoms with E-state index in [1.165, 1.54) is 18.3 Å². The fourth-order valence-electron chi connectivity index (χ4n) is 1.96. The molecule has 6 nitrogen and oxygen atoms in total. The van der Waals surface area contributed by atoms with Gasteiger partial charge in [-0.15, -0.1) is 0 Å². The molecule has 0 aliphatic carbocycles. The smallest absolute Gasteiger partial charge is 0.303 e. The number of carbonyl (C=O) groups is 2. The van der Waals surface area contributed by atoms with Crippen LogP contribution in [0.4, 0.5) is 10.1 Å². The summed E-state index contributed by atoms with van der Waals surface area (Å²) in [5.74, 6) is -1.61. The second kappa shape index (κ2) is 7.73. The van der Waals surface area contributed by atoms with Crippen molar-refractivity contribution < 1.29 is 19.1 Å². The van der Waals surface area contributed by atoms with Crippen molar-refractivity contribution in [1.82, 2.24) is 9.78 Å². The average molecular weight is 340 g/mol. The zero-order chi connectivity index (χ0) is 16.8. The molecule has 1 amide bonds. The molecule has 0 radical (unpaired) electrons. The van der Waals surface area contributed by atoms with E-state index in [4.69, 9.17) is 16.7 Å². The first-order valence-electron chi connectivity index (χ1n) is 6.92. The van der Waals surface area contributed by atoms with Gasteiger partial charge in [-0.2, -0.15) is 5.10 Å². The second-order valence-electron chi connectivity index (χ2n) is 4.96. The normalized spacial score (nSPS) is 10.5. The lowest BCUT2D eigenvalue weighted by atomic mass is 10.2. The van der Waals surface area contributed by atoms with Crippen LogP contribution in [0.3, 0.4) is 0 Å². The molecular formula is C15H15ClFN3O3. The van der Waals surface area contributed by atoms with Gasteiger partial charge in [-0.05, 0) is 24.1 Å². The number of rotatable bonds is 7. The van der Waals surface area contributed by atoms with E-state index in [0.717, 1.165) is 0 Å². The number of hydrogen-bond donors (Lipinski definition) is 2. The molecule has 0 aliphatic heterocycles. The van der Waals surface area contributed by atoms with Crippen LogP contribution in [0, 0.1) is 5.82 Å². The Kier molecular flexibility index (Phi) is 5.70. The van der Waals surface area contributed by atoms with Crippen LogP contribution in [0.15, 0.2) is 30.6 Å². The highest BCUT2D eigenvalue weighted by Gasteiger charge is 2.08. The number of carbonyl (C=O) groups excluding carboxylic acids is 1. The molecule has 8 heteroatoms. The van der Waals surface area contributed by atoms with Crippen molar-refractivity contribution in [2.45, 2.75) is 25.8 Å². The minimum absolute atomic E-state index is 0.0459. The predicted molar refractivity (Wildman–Crippen MR) is 82.9 cm³/mol. The fourth-order valence-corrected chi connectivity index (χ4v) is 2.19. The summed E-state index contributed by atoms with van der Waals surface area (Å²) in [4.78, 5) is 22.0. The van der Waals surface area contributed by atoms with E-state index in [1.807, 2.05) is 0 Å². The molecule has 2 aromatic rings. The molecule has 1 aromatic carbocycles. The Hall–Kier alpha value is -2.41. The van der Waals surface area contributed by atoms with Crippen LogP contribution in [0.1, 0.15) is 24.8 Å². The van der Waals surface area contributed by atoms with Crippen molar-refractivity contribution in [3.05, 3.63) is 47.0 Å². The maximum atomic E-state index is 13.0. The molecule has 2 rings (SSSR count). The summed E-state index contributed by atoms with van der Waals surface area (Å²) in [5, 5.41) is 15.6. The Morgan fingerprint density at radius 3 is 2.83 bits per heavy atom. The predicted octanol–water partition coefficient (Wildman–Crippen LogP) is 2.92. The van der Waals surface area contributed by atoms with Gasteiger partial charge in [-0.25, -0.2) is 4.39 Å². The Labute approximate surface area is 136 Å². The summed E-state index contributed by atoms with van der Waals surface area (Å²) >= 11 is 5.95. The number of anilines is 1. The molecule has 0 saturated heterocycles. The third kappa shape index (κ3) is 5.37. The first-order chi connectivity index (χ1) is 10.9. The summed E-state index contributed by atoms with van der Waals surface area (Å²) in [6.45, 7) is 0.341. The molecule has 0 spiro atoms. The number of benzene rings is 1. The third-order valence-corrected chi connectivity index (χ3v) is 3.41. The first-order valence-corrected chi connectivity index (χ1v) is 7.30. The Morgan fingerprint density at radius 1 is 1.35 bits per heavy atom. The van der Waals surface area contributed by atoms with Crippen molar-refractivity contribution in [2.24, 2.45) is 0 Å². The minimum atomic E-state index is -0.929. The van der Waals surface area contributed by atoms with Gasteiger partial charge >= 0.3 is 5.97 Å². The molecular weight excluding hydrogens is 325 g/mol. The summed E-state index contributed by atoms with van der Waals surface area (Å²) in [7, 11) is 0. The van der Waals surface area contributed by atoms with Gasteiger partial charge in [0, 0.05) is 24.1 Å². The van der Waals surface area contributed by atoms with Gasteiger partial charge in [-0.3, -0.25) is 14.3 Å². The Balaban J connectivity index is 1.90. The average Bonchev–Trinajstić information content (AvgIpc) is 2.88. The van der Waals surface area contributed by atoms with Gasteiger partial charge in [0.1, 0.15) is 5.82 Å². The second-order valence-corrected chi connectivity index (χ2v) is 5.36. The van der Waals surface area contributed by atoms with E-state index < -0.39 is 11.8 Å².